The van der Waals surface area contributed by atoms with E-state index in [2.05, 4.69) is 0 Å². The molecule has 1 aromatic heterocycles. The molecule has 0 aliphatic rings. The number of rotatable bonds is 5. The van der Waals surface area contributed by atoms with E-state index >= 15 is 0 Å². The van der Waals surface area contributed by atoms with Crippen LogP contribution in [0.2, 0.25) is 5.02 Å². The Bertz CT molecular complexity index is 736. The Labute approximate surface area is 125 Å². The maximum Gasteiger partial charge on any atom is 0.333 e. The molecule has 110 valence electrons. The van der Waals surface area contributed by atoms with Crippen LogP contribution >= 0.6 is 11.6 Å². The Morgan fingerprint density at radius 2 is 2.05 bits per heavy atom. The fraction of sp³-hybridized carbons (Fsp3) is 0.143. The number of carboxylic acids is 2. The van der Waals surface area contributed by atoms with Crippen molar-refractivity contribution in [1.82, 2.24) is 4.57 Å². The van der Waals surface area contributed by atoms with Gasteiger partial charge in [-0.1, -0.05) is 17.7 Å². The number of hydrogen-bond donors (Lipinski definition) is 3. The lowest BCUT2D eigenvalue weighted by Crippen LogP contribution is -2.32. The highest BCUT2D eigenvalue weighted by Gasteiger charge is 2.19. The van der Waals surface area contributed by atoms with Crippen LogP contribution < -0.4 is 5.73 Å². The van der Waals surface area contributed by atoms with Crippen molar-refractivity contribution in [3.05, 3.63) is 47.1 Å². The Morgan fingerprint density at radius 1 is 1.33 bits per heavy atom. The summed E-state index contributed by atoms with van der Waals surface area (Å²) in [6, 6.07) is 6.23. The highest BCUT2D eigenvalue weighted by molar-refractivity contribution is 6.31. The van der Waals surface area contributed by atoms with Gasteiger partial charge in [0.2, 0.25) is 0 Å². The first kappa shape index (κ1) is 15.1. The normalized spacial score (nSPS) is 13.3. The van der Waals surface area contributed by atoms with Gasteiger partial charge < -0.3 is 20.5 Å². The van der Waals surface area contributed by atoms with E-state index < -0.39 is 18.0 Å². The molecule has 0 saturated carbocycles. The van der Waals surface area contributed by atoms with Gasteiger partial charge in [-0.2, -0.15) is 0 Å². The Kier molecular flexibility index (Phi) is 4.30. The van der Waals surface area contributed by atoms with E-state index in [0.717, 1.165) is 10.9 Å². The van der Waals surface area contributed by atoms with Gasteiger partial charge in [0, 0.05) is 29.4 Å². The van der Waals surface area contributed by atoms with Crippen LogP contribution in [0.3, 0.4) is 0 Å². The molecule has 1 heterocycles. The average molecular weight is 309 g/mol. The summed E-state index contributed by atoms with van der Waals surface area (Å²) in [5.41, 5.74) is 6.27. The summed E-state index contributed by atoms with van der Waals surface area (Å²) in [4.78, 5) is 21.7. The van der Waals surface area contributed by atoms with E-state index in [1.165, 1.54) is 0 Å². The molecule has 6 nitrogen and oxygen atoms in total. The molecule has 0 aliphatic heterocycles. The Morgan fingerprint density at radius 3 is 2.67 bits per heavy atom. The van der Waals surface area contributed by atoms with Crippen molar-refractivity contribution in [3.63, 3.8) is 0 Å². The van der Waals surface area contributed by atoms with Crippen LogP contribution in [0.4, 0.5) is 0 Å². The topological polar surface area (TPSA) is 106 Å². The van der Waals surface area contributed by atoms with Crippen molar-refractivity contribution < 1.29 is 19.8 Å². The van der Waals surface area contributed by atoms with E-state index in [4.69, 9.17) is 27.5 Å². The van der Waals surface area contributed by atoms with Crippen molar-refractivity contribution in [1.29, 1.82) is 0 Å². The molecule has 7 heteroatoms. The van der Waals surface area contributed by atoms with Crippen molar-refractivity contribution in [3.8, 4) is 0 Å². The number of aromatic nitrogens is 1. The van der Waals surface area contributed by atoms with Gasteiger partial charge in [0.15, 0.2) is 0 Å². The summed E-state index contributed by atoms with van der Waals surface area (Å²) in [6.07, 6.45) is 2.37. The van der Waals surface area contributed by atoms with Crippen molar-refractivity contribution in [2.24, 2.45) is 5.73 Å². The first-order chi connectivity index (χ1) is 9.88. The number of hydrogen-bond acceptors (Lipinski definition) is 3. The third-order valence-corrected chi connectivity index (χ3v) is 3.29. The maximum absolute atomic E-state index is 11.1. The van der Waals surface area contributed by atoms with Crippen LogP contribution in [0, 0.1) is 0 Å². The van der Waals surface area contributed by atoms with Gasteiger partial charge in [-0.15, -0.1) is 0 Å². The molecule has 2 rings (SSSR count). The Balaban J connectivity index is 2.32. The van der Waals surface area contributed by atoms with E-state index in [1.54, 1.807) is 22.9 Å². The number of carbonyl (C=O) groups is 2. The average Bonchev–Trinajstić information content (AvgIpc) is 2.78. The Hall–Kier alpha value is -2.31. The van der Waals surface area contributed by atoms with Crippen LogP contribution in [-0.4, -0.2) is 32.8 Å². The zero-order valence-electron chi connectivity index (χ0n) is 10.9. The number of carboxylic acid groups (broad SMARTS) is 2. The molecule has 0 amide bonds. The molecule has 0 spiro atoms. The summed E-state index contributed by atoms with van der Waals surface area (Å²) in [5, 5.41) is 19.2. The summed E-state index contributed by atoms with van der Waals surface area (Å²) in [7, 11) is 0. The zero-order valence-corrected chi connectivity index (χ0v) is 11.6. The van der Waals surface area contributed by atoms with Gasteiger partial charge in [0.25, 0.3) is 0 Å². The summed E-state index contributed by atoms with van der Waals surface area (Å²) < 4.78 is 1.74. The molecule has 1 aromatic carbocycles. The molecule has 1 unspecified atom stereocenters. The lowest BCUT2D eigenvalue weighted by molar-refractivity contribution is -0.135. The molecule has 0 aliphatic carbocycles. The van der Waals surface area contributed by atoms with Crippen molar-refractivity contribution in [2.75, 3.05) is 0 Å². The van der Waals surface area contributed by atoms with Crippen LogP contribution in [0.15, 0.2) is 42.1 Å². The number of nitrogens with zero attached hydrogens (tertiary/aromatic N) is 1. The molecule has 0 fully saturated rings. The van der Waals surface area contributed by atoms with E-state index in [0.29, 0.717) is 11.1 Å². The third-order valence-electron chi connectivity index (χ3n) is 3.05. The molecule has 21 heavy (non-hydrogen) atoms. The number of halogens is 1. The van der Waals surface area contributed by atoms with Gasteiger partial charge in [-0.3, -0.25) is 0 Å². The van der Waals surface area contributed by atoms with Gasteiger partial charge in [-0.25, -0.2) is 9.59 Å². The third kappa shape index (κ3) is 3.42. The summed E-state index contributed by atoms with van der Waals surface area (Å²) in [5.74, 6) is -2.69. The van der Waals surface area contributed by atoms with Crippen molar-refractivity contribution in [2.45, 2.75) is 12.6 Å². The standard InChI is InChI=1S/C14H13ClN2O4/c15-9-2-1-8-3-4-17(12(8)5-9)7-11(16)10(14(20)21)6-13(18)19/h1-6,11H,7,16H2,(H,18,19)(H,20,21)/b10-6-. The van der Waals surface area contributed by atoms with E-state index in [9.17, 15) is 9.59 Å². The number of aliphatic carboxylic acids is 2. The van der Waals surface area contributed by atoms with E-state index in [1.807, 2.05) is 12.1 Å². The first-order valence-electron chi connectivity index (χ1n) is 6.06. The molecular formula is C14H13ClN2O4. The molecule has 0 radical (unpaired) electrons. The molecule has 2 aromatic rings. The molecule has 1 atom stereocenters. The highest BCUT2D eigenvalue weighted by atomic mass is 35.5. The largest absolute Gasteiger partial charge is 0.478 e. The predicted octanol–water partition coefficient (Wildman–Crippen LogP) is 1.72. The number of fused-ring (bicyclic) bond motifs is 1. The molecular weight excluding hydrogens is 296 g/mol. The SMILES string of the molecule is NC(Cn1ccc2ccc(Cl)cc21)/C(=C/C(=O)O)C(=O)O. The lowest BCUT2D eigenvalue weighted by Gasteiger charge is -2.14. The zero-order chi connectivity index (χ0) is 15.6. The molecule has 4 N–H and O–H groups in total. The quantitative estimate of drug-likeness (QED) is 0.729. The minimum Gasteiger partial charge on any atom is -0.478 e. The first-order valence-corrected chi connectivity index (χ1v) is 6.44. The lowest BCUT2D eigenvalue weighted by atomic mass is 10.1. The van der Waals surface area contributed by atoms with Crippen LogP contribution in [0.1, 0.15) is 0 Å². The van der Waals surface area contributed by atoms with Gasteiger partial charge in [0.1, 0.15) is 0 Å². The fourth-order valence-electron chi connectivity index (χ4n) is 2.09. The minimum absolute atomic E-state index is 0.134. The minimum atomic E-state index is -1.35. The second-order valence-electron chi connectivity index (χ2n) is 4.52. The molecule has 0 bridgehead atoms. The predicted molar refractivity (Wildman–Crippen MR) is 78.3 cm³/mol. The van der Waals surface area contributed by atoms with Crippen LogP contribution in [0.5, 0.6) is 0 Å². The van der Waals surface area contributed by atoms with Crippen molar-refractivity contribution >= 4 is 34.4 Å². The van der Waals surface area contributed by atoms with Crippen LogP contribution in [0.25, 0.3) is 10.9 Å². The van der Waals surface area contributed by atoms with Crippen LogP contribution in [-0.2, 0) is 16.1 Å². The summed E-state index contributed by atoms with van der Waals surface area (Å²) >= 11 is 5.94. The highest BCUT2D eigenvalue weighted by Crippen LogP contribution is 2.21. The number of benzene rings is 1. The maximum atomic E-state index is 11.1. The monoisotopic (exact) mass is 308 g/mol. The second kappa shape index (κ2) is 5.99. The number of nitrogens with two attached hydrogens (primary N) is 1. The van der Waals surface area contributed by atoms with E-state index in [-0.39, 0.29) is 12.1 Å². The molecule has 0 saturated heterocycles. The smallest absolute Gasteiger partial charge is 0.333 e. The fourth-order valence-corrected chi connectivity index (χ4v) is 2.25. The summed E-state index contributed by atoms with van der Waals surface area (Å²) in [6.45, 7) is 0.134. The van der Waals surface area contributed by atoms with Gasteiger partial charge in [0.05, 0.1) is 11.6 Å². The second-order valence-corrected chi connectivity index (χ2v) is 4.96. The van der Waals surface area contributed by atoms with Gasteiger partial charge in [-0.05, 0) is 23.6 Å². The van der Waals surface area contributed by atoms with Gasteiger partial charge >= 0.3 is 11.9 Å².